The zero-order chi connectivity index (χ0) is 15.1. The highest BCUT2D eigenvalue weighted by atomic mass is 35.5. The van der Waals surface area contributed by atoms with Gasteiger partial charge in [0.05, 0.1) is 11.1 Å². The summed E-state index contributed by atoms with van der Waals surface area (Å²) in [5.41, 5.74) is 2.59. The minimum absolute atomic E-state index is 0.260. The normalized spacial score (nSPS) is 11.1. The van der Waals surface area contributed by atoms with E-state index in [0.717, 1.165) is 11.1 Å². The largest absolute Gasteiger partial charge is 0.227 e. The molecule has 0 saturated carbocycles. The van der Waals surface area contributed by atoms with E-state index in [1.165, 1.54) is 6.07 Å². The quantitative estimate of drug-likeness (QED) is 0.564. The van der Waals surface area contributed by atoms with Crippen LogP contribution in [0.3, 0.4) is 0 Å². The summed E-state index contributed by atoms with van der Waals surface area (Å²) in [6, 6.07) is 8.43. The Hall–Kier alpha value is -1.71. The number of halogens is 3. The fourth-order valence-corrected chi connectivity index (χ4v) is 2.58. The van der Waals surface area contributed by atoms with Crippen LogP contribution in [0.5, 0.6) is 0 Å². The maximum absolute atomic E-state index is 14.1. The molecule has 0 saturated heterocycles. The number of hydrogen-bond acceptors (Lipinski definition) is 2. The topological polar surface area (TPSA) is 25.8 Å². The minimum Gasteiger partial charge on any atom is -0.227 e. The van der Waals surface area contributed by atoms with E-state index in [9.17, 15) is 4.39 Å². The predicted octanol–water partition coefficient (Wildman–Crippen LogP) is 5.36. The summed E-state index contributed by atoms with van der Waals surface area (Å²) in [4.78, 5) is 8.64. The van der Waals surface area contributed by atoms with Gasteiger partial charge in [-0.05, 0) is 49.2 Å². The molecule has 3 rings (SSSR count). The van der Waals surface area contributed by atoms with Gasteiger partial charge in [-0.25, -0.2) is 14.4 Å². The summed E-state index contributed by atoms with van der Waals surface area (Å²) in [6.45, 7) is 3.67. The van der Waals surface area contributed by atoms with Gasteiger partial charge in [-0.15, -0.1) is 0 Å². The molecule has 0 atom stereocenters. The molecule has 0 N–H and O–H groups in total. The number of hydrogen-bond donors (Lipinski definition) is 0. The van der Waals surface area contributed by atoms with Crippen molar-refractivity contribution in [3.05, 3.63) is 57.5 Å². The maximum Gasteiger partial charge on any atom is 0.164 e. The lowest BCUT2D eigenvalue weighted by atomic mass is 10.1. The van der Waals surface area contributed by atoms with Crippen molar-refractivity contribution in [3.63, 3.8) is 0 Å². The highest BCUT2D eigenvalue weighted by molar-refractivity contribution is 6.35. The Morgan fingerprint density at radius 2 is 1.76 bits per heavy atom. The number of nitrogens with zero attached hydrogens (tertiary/aromatic N) is 2. The van der Waals surface area contributed by atoms with Gasteiger partial charge in [0.25, 0.3) is 0 Å². The molecule has 0 amide bonds. The SMILES string of the molecule is Cc1ccc(-c2nc(Cl)c3ccc(Cl)c(C)c3n2)c(F)c1. The first-order valence-electron chi connectivity index (χ1n) is 6.36. The van der Waals surface area contributed by atoms with Crippen molar-refractivity contribution in [2.75, 3.05) is 0 Å². The second kappa shape index (κ2) is 5.24. The van der Waals surface area contributed by atoms with Crippen molar-refractivity contribution in [1.82, 2.24) is 9.97 Å². The van der Waals surface area contributed by atoms with Crippen molar-refractivity contribution in [2.24, 2.45) is 0 Å². The number of aryl methyl sites for hydroxylation is 2. The standard InChI is InChI=1S/C16H11Cl2FN2/c1-8-3-4-10(13(19)7-8)16-20-14-9(2)12(17)6-5-11(14)15(18)21-16/h3-7H,1-2H3. The Morgan fingerprint density at radius 1 is 1.00 bits per heavy atom. The fourth-order valence-electron chi connectivity index (χ4n) is 2.19. The van der Waals surface area contributed by atoms with Gasteiger partial charge in [-0.3, -0.25) is 0 Å². The Morgan fingerprint density at radius 3 is 2.48 bits per heavy atom. The summed E-state index contributed by atoms with van der Waals surface area (Å²) in [6.07, 6.45) is 0. The van der Waals surface area contributed by atoms with Gasteiger partial charge in [0.2, 0.25) is 0 Å². The number of rotatable bonds is 1. The van der Waals surface area contributed by atoms with Gasteiger partial charge in [0, 0.05) is 10.4 Å². The van der Waals surface area contributed by atoms with E-state index in [2.05, 4.69) is 9.97 Å². The summed E-state index contributed by atoms with van der Waals surface area (Å²) < 4.78 is 14.1. The summed E-state index contributed by atoms with van der Waals surface area (Å²) in [7, 11) is 0. The van der Waals surface area contributed by atoms with Crippen LogP contribution in [0.1, 0.15) is 11.1 Å². The molecule has 3 aromatic rings. The first kappa shape index (κ1) is 14.2. The fraction of sp³-hybridized carbons (Fsp3) is 0.125. The van der Waals surface area contributed by atoms with Gasteiger partial charge in [0.15, 0.2) is 5.82 Å². The van der Waals surface area contributed by atoms with Gasteiger partial charge in [-0.2, -0.15) is 0 Å². The lowest BCUT2D eigenvalue weighted by Gasteiger charge is -2.09. The molecule has 0 spiro atoms. The molecule has 21 heavy (non-hydrogen) atoms. The Bertz CT molecular complexity index is 863. The van der Waals surface area contributed by atoms with Crippen LogP contribution < -0.4 is 0 Å². The molecular weight excluding hydrogens is 310 g/mol. The molecule has 1 aromatic heterocycles. The van der Waals surface area contributed by atoms with Crippen molar-refractivity contribution in [2.45, 2.75) is 13.8 Å². The molecule has 0 fully saturated rings. The molecule has 5 heteroatoms. The molecule has 0 unspecified atom stereocenters. The zero-order valence-electron chi connectivity index (χ0n) is 11.4. The minimum atomic E-state index is -0.370. The van der Waals surface area contributed by atoms with E-state index in [-0.39, 0.29) is 16.8 Å². The molecule has 2 aromatic carbocycles. The number of aromatic nitrogens is 2. The maximum atomic E-state index is 14.1. The predicted molar refractivity (Wildman–Crippen MR) is 84.4 cm³/mol. The van der Waals surface area contributed by atoms with E-state index in [1.54, 1.807) is 18.2 Å². The second-order valence-corrected chi connectivity index (χ2v) is 5.66. The monoisotopic (exact) mass is 320 g/mol. The molecule has 0 bridgehead atoms. The third-order valence-electron chi connectivity index (χ3n) is 3.37. The summed E-state index contributed by atoms with van der Waals surface area (Å²) in [5, 5.41) is 1.58. The van der Waals surface area contributed by atoms with Crippen LogP contribution in [0.25, 0.3) is 22.3 Å². The molecule has 106 valence electrons. The van der Waals surface area contributed by atoms with Gasteiger partial charge >= 0.3 is 0 Å². The molecule has 2 nitrogen and oxygen atoms in total. The first-order valence-corrected chi connectivity index (χ1v) is 7.12. The summed E-state index contributed by atoms with van der Waals surface area (Å²) >= 11 is 12.3. The van der Waals surface area contributed by atoms with Crippen LogP contribution in [-0.2, 0) is 0 Å². The number of fused-ring (bicyclic) bond motifs is 1. The molecule has 1 heterocycles. The van der Waals surface area contributed by atoms with Crippen molar-refractivity contribution >= 4 is 34.1 Å². The highest BCUT2D eigenvalue weighted by Crippen LogP contribution is 2.31. The van der Waals surface area contributed by atoms with Gasteiger partial charge in [0.1, 0.15) is 11.0 Å². The lowest BCUT2D eigenvalue weighted by Crippen LogP contribution is -1.96. The van der Waals surface area contributed by atoms with E-state index in [0.29, 0.717) is 21.5 Å². The average molecular weight is 321 g/mol. The number of benzene rings is 2. The van der Waals surface area contributed by atoms with Crippen molar-refractivity contribution in [3.8, 4) is 11.4 Å². The van der Waals surface area contributed by atoms with Crippen LogP contribution in [0, 0.1) is 19.7 Å². The van der Waals surface area contributed by atoms with E-state index in [4.69, 9.17) is 23.2 Å². The van der Waals surface area contributed by atoms with Crippen LogP contribution in [-0.4, -0.2) is 9.97 Å². The van der Waals surface area contributed by atoms with Crippen molar-refractivity contribution in [1.29, 1.82) is 0 Å². The molecule has 0 aliphatic rings. The Kier molecular flexibility index (Phi) is 3.56. The van der Waals surface area contributed by atoms with Crippen molar-refractivity contribution < 1.29 is 4.39 Å². The molecule has 0 aliphatic carbocycles. The average Bonchev–Trinajstić information content (AvgIpc) is 2.43. The van der Waals surface area contributed by atoms with Gasteiger partial charge in [-0.1, -0.05) is 29.3 Å². The van der Waals surface area contributed by atoms with Crippen LogP contribution in [0.4, 0.5) is 4.39 Å². The molecule has 0 radical (unpaired) electrons. The van der Waals surface area contributed by atoms with E-state index >= 15 is 0 Å². The third-order valence-corrected chi connectivity index (χ3v) is 4.07. The summed E-state index contributed by atoms with van der Waals surface area (Å²) in [5.74, 6) is -0.111. The first-order chi connectivity index (χ1) is 9.97. The van der Waals surface area contributed by atoms with Crippen LogP contribution in [0.2, 0.25) is 10.2 Å². The Balaban J connectivity index is 2.31. The van der Waals surface area contributed by atoms with Crippen LogP contribution in [0.15, 0.2) is 30.3 Å². The van der Waals surface area contributed by atoms with E-state index < -0.39 is 0 Å². The second-order valence-electron chi connectivity index (χ2n) is 4.89. The third kappa shape index (κ3) is 2.47. The van der Waals surface area contributed by atoms with Gasteiger partial charge < -0.3 is 0 Å². The van der Waals surface area contributed by atoms with E-state index in [1.807, 2.05) is 19.9 Å². The van der Waals surface area contributed by atoms with Crippen LogP contribution >= 0.6 is 23.2 Å². The zero-order valence-corrected chi connectivity index (χ0v) is 12.9. The molecule has 0 aliphatic heterocycles. The highest BCUT2D eigenvalue weighted by Gasteiger charge is 2.14. The lowest BCUT2D eigenvalue weighted by molar-refractivity contribution is 0.629. The Labute approximate surface area is 131 Å². The smallest absolute Gasteiger partial charge is 0.164 e. The molecular formula is C16H11Cl2FN2.